The van der Waals surface area contributed by atoms with Crippen molar-refractivity contribution in [2.24, 2.45) is 0 Å². The zero-order valence-electron chi connectivity index (χ0n) is 7.20. The van der Waals surface area contributed by atoms with Crippen molar-refractivity contribution in [2.75, 3.05) is 6.54 Å². The van der Waals surface area contributed by atoms with Gasteiger partial charge in [0, 0.05) is 22.8 Å². The Balaban J connectivity index is 2.96. The number of nitrogens with one attached hydrogen (secondary N) is 2. The highest BCUT2D eigenvalue weighted by Crippen LogP contribution is 2.28. The summed E-state index contributed by atoms with van der Waals surface area (Å²) in [5, 5.41) is 11.2. The van der Waals surface area contributed by atoms with Crippen LogP contribution in [-0.4, -0.2) is 12.3 Å². The van der Waals surface area contributed by atoms with Gasteiger partial charge in [0.2, 0.25) is 0 Å². The SMILES string of the molecule is CCN/C=C1\C(=N)C=CC(Br)=C1Cl. The highest BCUT2D eigenvalue weighted by atomic mass is 79.9. The molecule has 2 nitrogen and oxygen atoms in total. The van der Waals surface area contributed by atoms with Crippen LogP contribution in [0.2, 0.25) is 0 Å². The van der Waals surface area contributed by atoms with Crippen molar-refractivity contribution in [3.63, 3.8) is 0 Å². The summed E-state index contributed by atoms with van der Waals surface area (Å²) in [6.07, 6.45) is 5.24. The van der Waals surface area contributed by atoms with E-state index in [-0.39, 0.29) is 0 Å². The molecule has 0 aromatic rings. The minimum absolute atomic E-state index is 0.425. The predicted molar refractivity (Wildman–Crippen MR) is 60.4 cm³/mol. The largest absolute Gasteiger partial charge is 0.391 e. The van der Waals surface area contributed by atoms with Crippen molar-refractivity contribution in [3.8, 4) is 0 Å². The molecule has 70 valence electrons. The van der Waals surface area contributed by atoms with Gasteiger partial charge in [-0.3, -0.25) is 0 Å². The first-order valence-corrected chi connectivity index (χ1v) is 5.10. The van der Waals surface area contributed by atoms with E-state index in [4.69, 9.17) is 17.0 Å². The molecule has 0 unspecified atom stereocenters. The molecule has 0 spiro atoms. The van der Waals surface area contributed by atoms with Crippen LogP contribution in [-0.2, 0) is 0 Å². The van der Waals surface area contributed by atoms with Gasteiger partial charge in [0.05, 0.1) is 10.7 Å². The van der Waals surface area contributed by atoms with Crippen LogP contribution in [0.3, 0.4) is 0 Å². The van der Waals surface area contributed by atoms with Gasteiger partial charge >= 0.3 is 0 Å². The maximum atomic E-state index is 7.61. The van der Waals surface area contributed by atoms with Crippen LogP contribution >= 0.6 is 27.5 Å². The minimum Gasteiger partial charge on any atom is -0.391 e. The Morgan fingerprint density at radius 1 is 1.62 bits per heavy atom. The number of halogens is 2. The molecule has 1 aliphatic carbocycles. The van der Waals surface area contributed by atoms with Crippen molar-refractivity contribution in [1.82, 2.24) is 5.32 Å². The van der Waals surface area contributed by atoms with Gasteiger partial charge in [0.25, 0.3) is 0 Å². The Bertz CT molecular complexity index is 316. The Morgan fingerprint density at radius 2 is 2.31 bits per heavy atom. The van der Waals surface area contributed by atoms with E-state index in [1.807, 2.05) is 6.92 Å². The van der Waals surface area contributed by atoms with Gasteiger partial charge in [0.15, 0.2) is 0 Å². The van der Waals surface area contributed by atoms with Gasteiger partial charge in [-0.2, -0.15) is 0 Å². The quantitative estimate of drug-likeness (QED) is 0.788. The van der Waals surface area contributed by atoms with Crippen LogP contribution in [0, 0.1) is 5.41 Å². The maximum Gasteiger partial charge on any atom is 0.0656 e. The monoisotopic (exact) mass is 260 g/mol. The second-order valence-corrected chi connectivity index (χ2v) is 3.76. The summed E-state index contributed by atoms with van der Waals surface area (Å²) in [5.74, 6) is 0. The minimum atomic E-state index is 0.425. The van der Waals surface area contributed by atoms with Crippen molar-refractivity contribution in [1.29, 1.82) is 5.41 Å². The predicted octanol–water partition coefficient (Wildman–Crippen LogP) is 2.91. The fourth-order valence-corrected chi connectivity index (χ4v) is 1.48. The first kappa shape index (κ1) is 10.5. The average Bonchev–Trinajstić information content (AvgIpc) is 2.12. The molecule has 0 bridgehead atoms. The summed E-state index contributed by atoms with van der Waals surface area (Å²) in [5.41, 5.74) is 1.15. The first-order valence-electron chi connectivity index (χ1n) is 3.93. The standard InChI is InChI=1S/C9H10BrClN2/c1-2-13-5-6-8(12)4-3-7(10)9(6)11/h3-5,12-13H,2H2,1H3/b6-5+,12-8?. The number of allylic oxidation sites excluding steroid dienone is 5. The molecular formula is C9H10BrClN2. The summed E-state index contributed by atoms with van der Waals surface area (Å²) in [7, 11) is 0. The third kappa shape index (κ3) is 2.45. The van der Waals surface area contributed by atoms with Crippen molar-refractivity contribution >= 4 is 33.2 Å². The molecule has 0 fully saturated rings. The van der Waals surface area contributed by atoms with Gasteiger partial charge in [-0.05, 0) is 35.0 Å². The van der Waals surface area contributed by atoms with Crippen LogP contribution < -0.4 is 5.32 Å². The molecule has 0 aromatic heterocycles. The topological polar surface area (TPSA) is 35.9 Å². The van der Waals surface area contributed by atoms with Crippen LogP contribution in [0.5, 0.6) is 0 Å². The van der Waals surface area contributed by atoms with Gasteiger partial charge in [0.1, 0.15) is 0 Å². The number of rotatable bonds is 2. The van der Waals surface area contributed by atoms with E-state index in [9.17, 15) is 0 Å². The third-order valence-electron chi connectivity index (χ3n) is 1.58. The third-order valence-corrected chi connectivity index (χ3v) is 2.88. The van der Waals surface area contributed by atoms with E-state index in [2.05, 4.69) is 21.2 Å². The zero-order chi connectivity index (χ0) is 9.84. The van der Waals surface area contributed by atoms with Gasteiger partial charge in [-0.1, -0.05) is 11.6 Å². The molecule has 0 saturated heterocycles. The summed E-state index contributed by atoms with van der Waals surface area (Å²) in [4.78, 5) is 0. The Hall–Kier alpha value is -0.540. The summed E-state index contributed by atoms with van der Waals surface area (Å²) >= 11 is 9.31. The average molecular weight is 262 g/mol. The molecule has 0 aliphatic heterocycles. The molecule has 13 heavy (non-hydrogen) atoms. The number of hydrogen-bond donors (Lipinski definition) is 2. The van der Waals surface area contributed by atoms with Crippen LogP contribution in [0.4, 0.5) is 0 Å². The van der Waals surface area contributed by atoms with Crippen LogP contribution in [0.15, 0.2) is 33.4 Å². The van der Waals surface area contributed by atoms with Crippen LogP contribution in [0.1, 0.15) is 6.92 Å². The lowest BCUT2D eigenvalue weighted by Gasteiger charge is -2.11. The van der Waals surface area contributed by atoms with E-state index >= 15 is 0 Å². The van der Waals surface area contributed by atoms with E-state index in [1.54, 1.807) is 18.4 Å². The van der Waals surface area contributed by atoms with Gasteiger partial charge in [-0.15, -0.1) is 0 Å². The molecule has 0 saturated carbocycles. The molecule has 0 amide bonds. The lowest BCUT2D eigenvalue weighted by molar-refractivity contribution is 0.915. The normalized spacial score (nSPS) is 19.9. The fraction of sp³-hybridized carbons (Fsp3) is 0.222. The molecule has 0 radical (unpaired) electrons. The summed E-state index contributed by atoms with van der Waals surface area (Å²) < 4.78 is 0.814. The van der Waals surface area contributed by atoms with Gasteiger partial charge in [-0.25, -0.2) is 0 Å². The Labute approximate surface area is 91.0 Å². The zero-order valence-corrected chi connectivity index (χ0v) is 9.54. The van der Waals surface area contributed by atoms with Gasteiger partial charge < -0.3 is 10.7 Å². The van der Waals surface area contributed by atoms with E-state index in [0.29, 0.717) is 10.7 Å². The molecule has 4 heteroatoms. The van der Waals surface area contributed by atoms with Crippen molar-refractivity contribution in [2.45, 2.75) is 6.92 Å². The molecule has 0 atom stereocenters. The maximum absolute atomic E-state index is 7.61. The van der Waals surface area contributed by atoms with E-state index in [0.717, 1.165) is 16.6 Å². The molecular weight excluding hydrogens is 251 g/mol. The highest BCUT2D eigenvalue weighted by Gasteiger charge is 2.13. The Kier molecular flexibility index (Phi) is 3.75. The summed E-state index contributed by atoms with van der Waals surface area (Å²) in [6.45, 7) is 2.81. The first-order chi connectivity index (χ1) is 6.16. The molecule has 0 aromatic carbocycles. The Morgan fingerprint density at radius 3 is 2.92 bits per heavy atom. The van der Waals surface area contributed by atoms with Crippen molar-refractivity contribution < 1.29 is 0 Å². The smallest absolute Gasteiger partial charge is 0.0656 e. The van der Waals surface area contributed by atoms with Crippen molar-refractivity contribution in [3.05, 3.63) is 33.4 Å². The molecule has 1 rings (SSSR count). The lowest BCUT2D eigenvalue weighted by Crippen LogP contribution is -2.10. The fourth-order valence-electron chi connectivity index (χ4n) is 0.912. The second-order valence-electron chi connectivity index (χ2n) is 2.52. The highest BCUT2D eigenvalue weighted by molar-refractivity contribution is 9.12. The summed E-state index contributed by atoms with van der Waals surface area (Å²) in [6, 6.07) is 0. The van der Waals surface area contributed by atoms with Crippen LogP contribution in [0.25, 0.3) is 0 Å². The lowest BCUT2D eigenvalue weighted by atomic mass is 10.1. The second kappa shape index (κ2) is 4.63. The van der Waals surface area contributed by atoms with E-state index < -0.39 is 0 Å². The molecule has 1 aliphatic rings. The molecule has 0 heterocycles. The molecule has 2 N–H and O–H groups in total. The van der Waals surface area contributed by atoms with E-state index in [1.165, 1.54) is 0 Å². The number of hydrogen-bond acceptors (Lipinski definition) is 2.